The van der Waals surface area contributed by atoms with Crippen molar-refractivity contribution in [3.63, 3.8) is 0 Å². The van der Waals surface area contributed by atoms with Gasteiger partial charge in [-0.25, -0.2) is 0 Å². The zero-order valence-corrected chi connectivity index (χ0v) is 14.4. The second-order valence-electron chi connectivity index (χ2n) is 6.83. The van der Waals surface area contributed by atoms with E-state index in [-0.39, 0.29) is 0 Å². The average Bonchev–Trinajstić information content (AvgIpc) is 3.09. The summed E-state index contributed by atoms with van der Waals surface area (Å²) in [6.07, 6.45) is 8.09. The Kier molecular flexibility index (Phi) is 5.79. The van der Waals surface area contributed by atoms with Gasteiger partial charge in [0.1, 0.15) is 0 Å². The van der Waals surface area contributed by atoms with Gasteiger partial charge in [-0.05, 0) is 55.8 Å². The average molecular weight is 318 g/mol. The van der Waals surface area contributed by atoms with Gasteiger partial charge in [0.05, 0.1) is 14.2 Å². The lowest BCUT2D eigenvalue weighted by atomic mass is 9.88. The molecule has 2 aliphatic rings. The predicted octanol–water partition coefficient (Wildman–Crippen LogP) is 3.10. The fourth-order valence-electron chi connectivity index (χ4n) is 4.21. The van der Waals surface area contributed by atoms with Gasteiger partial charge in [-0.3, -0.25) is 0 Å². The molecule has 4 nitrogen and oxygen atoms in total. The van der Waals surface area contributed by atoms with Crippen molar-refractivity contribution >= 4 is 0 Å². The molecule has 0 spiro atoms. The minimum atomic E-state index is 0.638. The van der Waals surface area contributed by atoms with Crippen LogP contribution < -0.4 is 20.1 Å². The van der Waals surface area contributed by atoms with Crippen LogP contribution in [-0.4, -0.2) is 32.8 Å². The monoisotopic (exact) mass is 318 g/mol. The van der Waals surface area contributed by atoms with Gasteiger partial charge in [0.15, 0.2) is 11.5 Å². The molecule has 3 unspecified atom stereocenters. The van der Waals surface area contributed by atoms with Gasteiger partial charge < -0.3 is 20.1 Å². The van der Waals surface area contributed by atoms with Gasteiger partial charge in [-0.2, -0.15) is 0 Å². The second kappa shape index (κ2) is 8.02. The quantitative estimate of drug-likeness (QED) is 0.846. The highest BCUT2D eigenvalue weighted by atomic mass is 16.5. The topological polar surface area (TPSA) is 42.5 Å². The first-order valence-corrected chi connectivity index (χ1v) is 8.99. The summed E-state index contributed by atoms with van der Waals surface area (Å²) in [7, 11) is 3.37. The molecule has 1 aromatic rings. The van der Waals surface area contributed by atoms with Gasteiger partial charge in [0, 0.05) is 18.6 Å². The molecule has 1 aliphatic carbocycles. The normalized spacial score (nSPS) is 27.8. The molecule has 1 saturated heterocycles. The molecule has 1 aliphatic heterocycles. The van der Waals surface area contributed by atoms with Crippen LogP contribution in [0.3, 0.4) is 0 Å². The SMILES string of the molecule is COc1ccc(CNC2CCCC2C2CCCCN2)cc1OC. The van der Waals surface area contributed by atoms with Crippen LogP contribution in [0.15, 0.2) is 18.2 Å². The number of nitrogens with one attached hydrogen (secondary N) is 2. The highest BCUT2D eigenvalue weighted by molar-refractivity contribution is 5.42. The smallest absolute Gasteiger partial charge is 0.161 e. The van der Waals surface area contributed by atoms with Crippen LogP contribution in [0.1, 0.15) is 44.1 Å². The lowest BCUT2D eigenvalue weighted by Crippen LogP contribution is -2.46. The predicted molar refractivity (Wildman–Crippen MR) is 93.2 cm³/mol. The van der Waals surface area contributed by atoms with Crippen molar-refractivity contribution in [2.24, 2.45) is 5.92 Å². The minimum Gasteiger partial charge on any atom is -0.493 e. The minimum absolute atomic E-state index is 0.638. The first kappa shape index (κ1) is 16.6. The molecule has 1 heterocycles. The third-order valence-corrected chi connectivity index (χ3v) is 5.45. The van der Waals surface area contributed by atoms with E-state index in [1.54, 1.807) is 14.2 Å². The zero-order chi connectivity index (χ0) is 16.1. The number of rotatable bonds is 6. The van der Waals surface area contributed by atoms with Crippen molar-refractivity contribution < 1.29 is 9.47 Å². The third kappa shape index (κ3) is 3.99. The van der Waals surface area contributed by atoms with Crippen molar-refractivity contribution in [2.45, 2.75) is 57.2 Å². The molecule has 1 aromatic carbocycles. The third-order valence-electron chi connectivity index (χ3n) is 5.45. The Bertz CT molecular complexity index is 500. The summed E-state index contributed by atoms with van der Waals surface area (Å²) in [6.45, 7) is 2.10. The number of hydrogen-bond acceptors (Lipinski definition) is 4. The highest BCUT2D eigenvalue weighted by Crippen LogP contribution is 2.32. The number of ether oxygens (including phenoxy) is 2. The number of methoxy groups -OCH3 is 2. The van der Waals surface area contributed by atoms with Crippen molar-refractivity contribution in [2.75, 3.05) is 20.8 Å². The van der Waals surface area contributed by atoms with Gasteiger partial charge in [-0.1, -0.05) is 18.9 Å². The molecule has 0 radical (unpaired) electrons. The molecular formula is C19H30N2O2. The molecule has 3 atom stereocenters. The molecule has 3 rings (SSSR count). The molecule has 1 saturated carbocycles. The van der Waals surface area contributed by atoms with Crippen LogP contribution in [0, 0.1) is 5.92 Å². The first-order valence-electron chi connectivity index (χ1n) is 8.99. The first-order chi connectivity index (χ1) is 11.3. The number of piperidine rings is 1. The maximum absolute atomic E-state index is 5.40. The van der Waals surface area contributed by atoms with Crippen LogP contribution >= 0.6 is 0 Å². The standard InChI is InChI=1S/C19H30N2O2/c1-22-18-10-9-14(12-19(18)23-2)13-21-17-8-5-6-15(17)16-7-3-4-11-20-16/h9-10,12,15-17,20-21H,3-8,11,13H2,1-2H3. The molecule has 2 N–H and O–H groups in total. The van der Waals surface area contributed by atoms with Crippen LogP contribution in [0.4, 0.5) is 0 Å². The Morgan fingerprint density at radius 3 is 2.65 bits per heavy atom. The van der Waals surface area contributed by atoms with Crippen molar-refractivity contribution in [3.8, 4) is 11.5 Å². The highest BCUT2D eigenvalue weighted by Gasteiger charge is 2.33. The summed E-state index contributed by atoms with van der Waals surface area (Å²) < 4.78 is 10.7. The van der Waals surface area contributed by atoms with Crippen LogP contribution in [0.2, 0.25) is 0 Å². The van der Waals surface area contributed by atoms with Crippen LogP contribution in [0.5, 0.6) is 11.5 Å². The van der Waals surface area contributed by atoms with Gasteiger partial charge in [-0.15, -0.1) is 0 Å². The Morgan fingerprint density at radius 2 is 1.91 bits per heavy atom. The van der Waals surface area contributed by atoms with E-state index in [1.165, 1.54) is 50.6 Å². The summed E-state index contributed by atoms with van der Waals surface area (Å²) in [4.78, 5) is 0. The number of hydrogen-bond donors (Lipinski definition) is 2. The van der Waals surface area contributed by atoms with E-state index in [4.69, 9.17) is 9.47 Å². The van der Waals surface area contributed by atoms with Crippen molar-refractivity contribution in [3.05, 3.63) is 23.8 Å². The van der Waals surface area contributed by atoms with E-state index in [9.17, 15) is 0 Å². The molecule has 23 heavy (non-hydrogen) atoms. The Morgan fingerprint density at radius 1 is 1.04 bits per heavy atom. The van der Waals surface area contributed by atoms with Gasteiger partial charge >= 0.3 is 0 Å². The largest absolute Gasteiger partial charge is 0.493 e. The van der Waals surface area contributed by atoms with Gasteiger partial charge in [0.2, 0.25) is 0 Å². The summed E-state index contributed by atoms with van der Waals surface area (Å²) >= 11 is 0. The van der Waals surface area contributed by atoms with Crippen molar-refractivity contribution in [1.82, 2.24) is 10.6 Å². The van der Waals surface area contributed by atoms with E-state index in [0.29, 0.717) is 12.1 Å². The van der Waals surface area contributed by atoms with E-state index >= 15 is 0 Å². The molecule has 0 aromatic heterocycles. The molecule has 0 bridgehead atoms. The molecule has 0 amide bonds. The van der Waals surface area contributed by atoms with E-state index < -0.39 is 0 Å². The molecule has 4 heteroatoms. The Hall–Kier alpha value is -1.26. The summed E-state index contributed by atoms with van der Waals surface area (Å²) in [5.41, 5.74) is 1.25. The maximum atomic E-state index is 5.40. The fraction of sp³-hybridized carbons (Fsp3) is 0.684. The molecular weight excluding hydrogens is 288 g/mol. The number of benzene rings is 1. The molecule has 2 fully saturated rings. The Labute approximate surface area is 139 Å². The van der Waals surface area contributed by atoms with E-state index in [2.05, 4.69) is 22.8 Å². The van der Waals surface area contributed by atoms with Gasteiger partial charge in [0.25, 0.3) is 0 Å². The van der Waals surface area contributed by atoms with Crippen molar-refractivity contribution in [1.29, 1.82) is 0 Å². The zero-order valence-electron chi connectivity index (χ0n) is 14.4. The van der Waals surface area contributed by atoms with Crippen LogP contribution in [-0.2, 0) is 6.54 Å². The summed E-state index contributed by atoms with van der Waals surface area (Å²) in [5, 5.41) is 7.54. The maximum Gasteiger partial charge on any atom is 0.161 e. The summed E-state index contributed by atoms with van der Waals surface area (Å²) in [6, 6.07) is 7.55. The van der Waals surface area contributed by atoms with Crippen LogP contribution in [0.25, 0.3) is 0 Å². The lowest BCUT2D eigenvalue weighted by molar-refractivity contribution is 0.256. The second-order valence-corrected chi connectivity index (χ2v) is 6.83. The lowest BCUT2D eigenvalue weighted by Gasteiger charge is -2.33. The van der Waals surface area contributed by atoms with E-state index in [1.807, 2.05) is 6.07 Å². The molecule has 128 valence electrons. The Balaban J connectivity index is 1.58. The fourth-order valence-corrected chi connectivity index (χ4v) is 4.21. The van der Waals surface area contributed by atoms with E-state index in [0.717, 1.165) is 24.0 Å². The summed E-state index contributed by atoms with van der Waals surface area (Å²) in [5.74, 6) is 2.39.